The average Bonchev–Trinajstić information content (AvgIpc) is 2.16. The largest absolute Gasteiger partial charge is 0.469 e. The SMILES string of the molecule is O=S(=O)(OSC(F)(F)F)c1ccccc1. The van der Waals surface area contributed by atoms with E-state index in [-0.39, 0.29) is 4.90 Å². The number of benzene rings is 1. The van der Waals surface area contributed by atoms with Crippen LogP contribution in [0.25, 0.3) is 0 Å². The molecular formula is C7H5F3O3S2. The molecular weight excluding hydrogens is 253 g/mol. The van der Waals surface area contributed by atoms with Gasteiger partial charge in [-0.15, -0.1) is 0 Å². The second-order valence-electron chi connectivity index (χ2n) is 2.36. The fourth-order valence-electron chi connectivity index (χ4n) is 0.710. The van der Waals surface area contributed by atoms with Crippen molar-refractivity contribution in [3.63, 3.8) is 0 Å². The molecule has 0 aromatic heterocycles. The molecule has 1 rings (SSSR count). The quantitative estimate of drug-likeness (QED) is 0.781. The van der Waals surface area contributed by atoms with Crippen LogP contribution >= 0.6 is 12.0 Å². The molecule has 0 radical (unpaired) electrons. The van der Waals surface area contributed by atoms with Crippen molar-refractivity contribution in [1.29, 1.82) is 0 Å². The Morgan fingerprint density at radius 2 is 1.67 bits per heavy atom. The van der Waals surface area contributed by atoms with Crippen LogP contribution in [0, 0.1) is 0 Å². The van der Waals surface area contributed by atoms with Gasteiger partial charge in [0.1, 0.15) is 12.0 Å². The highest BCUT2D eigenvalue weighted by atomic mass is 32.3. The Kier molecular flexibility index (Phi) is 3.63. The molecule has 15 heavy (non-hydrogen) atoms. The van der Waals surface area contributed by atoms with Crippen molar-refractivity contribution in [2.75, 3.05) is 0 Å². The van der Waals surface area contributed by atoms with Gasteiger partial charge in [0.2, 0.25) is 0 Å². The maximum Gasteiger partial charge on any atom is 0.469 e. The maximum absolute atomic E-state index is 11.7. The number of hydrogen-bond donors (Lipinski definition) is 0. The summed E-state index contributed by atoms with van der Waals surface area (Å²) in [4.78, 5) is -0.318. The molecule has 0 aliphatic carbocycles. The van der Waals surface area contributed by atoms with Crippen molar-refractivity contribution in [3.8, 4) is 0 Å². The predicted molar refractivity (Wildman–Crippen MR) is 48.4 cm³/mol. The van der Waals surface area contributed by atoms with E-state index in [0.29, 0.717) is 0 Å². The second kappa shape index (κ2) is 4.42. The fourth-order valence-corrected chi connectivity index (χ4v) is 2.18. The lowest BCUT2D eigenvalue weighted by Crippen LogP contribution is -2.07. The lowest BCUT2D eigenvalue weighted by atomic mass is 10.4. The van der Waals surface area contributed by atoms with Crippen molar-refractivity contribution in [2.24, 2.45) is 0 Å². The van der Waals surface area contributed by atoms with E-state index in [0.717, 1.165) is 12.1 Å². The average molecular weight is 258 g/mol. The fraction of sp³-hybridized carbons (Fsp3) is 0.143. The Morgan fingerprint density at radius 3 is 2.13 bits per heavy atom. The third kappa shape index (κ3) is 4.10. The highest BCUT2D eigenvalue weighted by Gasteiger charge is 2.33. The summed E-state index contributed by atoms with van der Waals surface area (Å²) in [6.45, 7) is 0. The highest BCUT2D eigenvalue weighted by molar-refractivity contribution is 8.05. The zero-order chi connectivity index (χ0) is 11.5. The summed E-state index contributed by atoms with van der Waals surface area (Å²) < 4.78 is 61.0. The zero-order valence-electron chi connectivity index (χ0n) is 7.06. The molecule has 1 aromatic rings. The zero-order valence-corrected chi connectivity index (χ0v) is 8.69. The molecule has 0 saturated carbocycles. The molecule has 0 saturated heterocycles. The maximum atomic E-state index is 11.7. The molecule has 8 heteroatoms. The van der Waals surface area contributed by atoms with Gasteiger partial charge in [-0.05, 0) is 12.1 Å². The molecule has 0 atom stereocenters. The first-order valence-corrected chi connectivity index (χ1v) is 5.70. The minimum atomic E-state index is -4.75. The van der Waals surface area contributed by atoms with Gasteiger partial charge in [-0.25, -0.2) is 0 Å². The van der Waals surface area contributed by atoms with E-state index in [1.165, 1.54) is 18.2 Å². The summed E-state index contributed by atoms with van der Waals surface area (Å²) in [5, 5.41) is 0. The summed E-state index contributed by atoms with van der Waals surface area (Å²) >= 11 is -1.05. The Bertz CT molecular complexity index is 413. The standard InChI is InChI=1S/C7H5F3O3S2/c8-7(9,10)14-13-15(11,12)6-4-2-1-3-5-6/h1-5H. The van der Waals surface area contributed by atoms with Gasteiger partial charge in [-0.3, -0.25) is 0 Å². The Balaban J connectivity index is 2.78. The highest BCUT2D eigenvalue weighted by Crippen LogP contribution is 2.33. The van der Waals surface area contributed by atoms with Gasteiger partial charge in [0.25, 0.3) is 0 Å². The van der Waals surface area contributed by atoms with Crippen LogP contribution in [-0.2, 0) is 13.7 Å². The van der Waals surface area contributed by atoms with Gasteiger partial charge in [-0.2, -0.15) is 25.2 Å². The lowest BCUT2D eigenvalue weighted by molar-refractivity contribution is -0.0368. The topological polar surface area (TPSA) is 43.4 Å². The summed E-state index contributed by atoms with van der Waals surface area (Å²) in [6.07, 6.45) is 0. The van der Waals surface area contributed by atoms with Gasteiger partial charge in [0, 0.05) is 0 Å². The summed E-state index contributed by atoms with van der Waals surface area (Å²) in [6, 6.07) is 6.59. The molecule has 3 nitrogen and oxygen atoms in total. The van der Waals surface area contributed by atoms with Crippen LogP contribution < -0.4 is 0 Å². The molecule has 0 aliphatic rings. The first-order chi connectivity index (χ1) is 6.81. The second-order valence-corrected chi connectivity index (χ2v) is 4.92. The van der Waals surface area contributed by atoms with Crippen molar-refractivity contribution < 1.29 is 25.2 Å². The van der Waals surface area contributed by atoms with Crippen LogP contribution in [0.3, 0.4) is 0 Å². The van der Waals surface area contributed by atoms with Crippen LogP contribution in [0.15, 0.2) is 35.2 Å². The van der Waals surface area contributed by atoms with Crippen molar-refractivity contribution in [3.05, 3.63) is 30.3 Å². The van der Waals surface area contributed by atoms with Crippen LogP contribution in [0.1, 0.15) is 0 Å². The molecule has 0 unspecified atom stereocenters. The molecule has 0 amide bonds. The smallest absolute Gasteiger partial charge is 0.193 e. The van der Waals surface area contributed by atoms with E-state index in [4.69, 9.17) is 0 Å². The van der Waals surface area contributed by atoms with Gasteiger partial charge in [0.15, 0.2) is 0 Å². The monoisotopic (exact) mass is 258 g/mol. The van der Waals surface area contributed by atoms with Crippen LogP contribution in [-0.4, -0.2) is 13.9 Å². The normalized spacial score (nSPS) is 12.7. The number of halogens is 3. The number of alkyl halides is 3. The van der Waals surface area contributed by atoms with Crippen LogP contribution in [0.4, 0.5) is 13.2 Å². The van der Waals surface area contributed by atoms with Crippen LogP contribution in [0.2, 0.25) is 0 Å². The Morgan fingerprint density at radius 1 is 1.13 bits per heavy atom. The number of hydrogen-bond acceptors (Lipinski definition) is 4. The first-order valence-electron chi connectivity index (χ1n) is 3.55. The number of rotatable bonds is 3. The lowest BCUT2D eigenvalue weighted by Gasteiger charge is -2.05. The van der Waals surface area contributed by atoms with Gasteiger partial charge in [-0.1, -0.05) is 18.2 Å². The van der Waals surface area contributed by atoms with Gasteiger partial charge in [0.05, 0.1) is 4.90 Å². The summed E-state index contributed by atoms with van der Waals surface area (Å²) in [5.41, 5.74) is -4.75. The van der Waals surface area contributed by atoms with Crippen LogP contribution in [0.5, 0.6) is 0 Å². The van der Waals surface area contributed by atoms with Gasteiger partial charge >= 0.3 is 15.6 Å². The molecule has 0 fully saturated rings. The molecule has 0 aliphatic heterocycles. The van der Waals surface area contributed by atoms with E-state index in [1.807, 2.05) is 0 Å². The Labute approximate surface area is 88.6 Å². The summed E-state index contributed by atoms with van der Waals surface area (Å²) in [7, 11) is -4.35. The Hall–Kier alpha value is -0.730. The molecule has 84 valence electrons. The van der Waals surface area contributed by atoms with E-state index < -0.39 is 27.7 Å². The summed E-state index contributed by atoms with van der Waals surface area (Å²) in [5.74, 6) is 0. The minimum Gasteiger partial charge on any atom is -0.193 e. The first kappa shape index (κ1) is 12.3. The minimum absolute atomic E-state index is 0.318. The molecule has 0 heterocycles. The predicted octanol–water partition coefficient (Wildman–Crippen LogP) is 2.56. The van der Waals surface area contributed by atoms with Crippen molar-refractivity contribution in [2.45, 2.75) is 10.4 Å². The third-order valence-electron chi connectivity index (χ3n) is 1.25. The van der Waals surface area contributed by atoms with E-state index in [9.17, 15) is 21.6 Å². The van der Waals surface area contributed by atoms with E-state index in [2.05, 4.69) is 3.63 Å². The molecule has 0 N–H and O–H groups in total. The van der Waals surface area contributed by atoms with Gasteiger partial charge < -0.3 is 0 Å². The van der Waals surface area contributed by atoms with E-state index in [1.54, 1.807) is 0 Å². The molecule has 0 bridgehead atoms. The third-order valence-corrected chi connectivity index (χ3v) is 3.28. The van der Waals surface area contributed by atoms with E-state index >= 15 is 0 Å². The molecule has 0 spiro atoms. The van der Waals surface area contributed by atoms with Crippen molar-refractivity contribution >= 4 is 22.2 Å². The van der Waals surface area contributed by atoms with Crippen molar-refractivity contribution in [1.82, 2.24) is 0 Å². The molecule has 1 aromatic carbocycles.